The number of aromatic nitrogens is 1. The molecule has 1 aliphatic heterocycles. The fourth-order valence-corrected chi connectivity index (χ4v) is 3.93. The van der Waals surface area contributed by atoms with Crippen molar-refractivity contribution in [3.63, 3.8) is 0 Å². The van der Waals surface area contributed by atoms with E-state index < -0.39 is 30.0 Å². The van der Waals surface area contributed by atoms with Gasteiger partial charge in [0.25, 0.3) is 11.8 Å². The lowest BCUT2D eigenvalue weighted by molar-refractivity contribution is -0.165. The molecule has 1 aromatic carbocycles. The minimum Gasteiger partial charge on any atom is -0.479 e. The number of aryl methyl sites for hydroxylation is 1. The summed E-state index contributed by atoms with van der Waals surface area (Å²) in [4.78, 5) is 50.0. The van der Waals surface area contributed by atoms with Crippen LogP contribution in [0.2, 0.25) is 0 Å². The number of carboxylic acid groups (broad SMARTS) is 2. The van der Waals surface area contributed by atoms with Gasteiger partial charge in [0.1, 0.15) is 5.82 Å². The molecule has 2 atom stereocenters. The van der Waals surface area contributed by atoms with Crippen LogP contribution in [0, 0.1) is 19.7 Å². The van der Waals surface area contributed by atoms with Crippen LogP contribution < -0.4 is 10.6 Å². The summed E-state index contributed by atoms with van der Waals surface area (Å²) in [5.41, 5.74) is 4.20. The minimum absolute atomic E-state index is 0.143. The number of hydrogen-bond acceptors (Lipinski definition) is 7. The molecule has 39 heavy (non-hydrogen) atoms. The number of rotatable bonds is 10. The fraction of sp³-hybridized carbons (Fsp3) is 0.385. The van der Waals surface area contributed by atoms with E-state index in [2.05, 4.69) is 34.4 Å². The van der Waals surface area contributed by atoms with Crippen molar-refractivity contribution in [1.82, 2.24) is 15.2 Å². The number of nitrogens with one attached hydrogen (secondary N) is 3. The summed E-state index contributed by atoms with van der Waals surface area (Å²) in [6.45, 7) is 11.1. The summed E-state index contributed by atoms with van der Waals surface area (Å²) >= 11 is 0. The van der Waals surface area contributed by atoms with E-state index >= 15 is 0 Å². The van der Waals surface area contributed by atoms with Crippen molar-refractivity contribution in [2.45, 2.75) is 39.9 Å². The van der Waals surface area contributed by atoms with Gasteiger partial charge in [-0.25, -0.2) is 14.0 Å². The van der Waals surface area contributed by atoms with Crippen molar-refractivity contribution >= 4 is 41.1 Å². The van der Waals surface area contributed by atoms with E-state index in [0.29, 0.717) is 34.6 Å². The number of nitrogens with zero attached hydrogens (tertiary/aromatic N) is 1. The fourth-order valence-electron chi connectivity index (χ4n) is 3.93. The first-order valence-electron chi connectivity index (χ1n) is 12.2. The van der Waals surface area contributed by atoms with Gasteiger partial charge >= 0.3 is 11.9 Å². The van der Waals surface area contributed by atoms with Crippen molar-refractivity contribution in [1.29, 1.82) is 0 Å². The highest BCUT2D eigenvalue weighted by atomic mass is 19.1. The normalized spacial score (nSPS) is 14.8. The van der Waals surface area contributed by atoms with Gasteiger partial charge in [-0.1, -0.05) is 13.8 Å². The summed E-state index contributed by atoms with van der Waals surface area (Å²) in [6, 6.07) is 4.20. The number of aliphatic hydroxyl groups is 2. The quantitative estimate of drug-likeness (QED) is 0.214. The largest absolute Gasteiger partial charge is 0.479 e. The van der Waals surface area contributed by atoms with E-state index in [4.69, 9.17) is 20.4 Å². The number of carbonyl (C=O) groups is 4. The van der Waals surface area contributed by atoms with Crippen molar-refractivity contribution in [2.75, 3.05) is 31.5 Å². The zero-order valence-electron chi connectivity index (χ0n) is 22.0. The predicted octanol–water partition coefficient (Wildman–Crippen LogP) is 1.21. The first kappa shape index (κ1) is 31.1. The Balaban J connectivity index is 0.000000455. The first-order chi connectivity index (χ1) is 18.3. The van der Waals surface area contributed by atoms with Gasteiger partial charge in [0, 0.05) is 35.7 Å². The van der Waals surface area contributed by atoms with Gasteiger partial charge in [0.2, 0.25) is 0 Å². The number of carboxylic acids is 2. The molecule has 0 saturated heterocycles. The zero-order valence-corrected chi connectivity index (χ0v) is 22.0. The standard InChI is InChI=1S/C22H27FN4O2.C4H6O6/c1-5-27(6-2)10-9-24-22(29)20-13(3)19(25-14(20)4)12-17-16-11-15(23)7-8-18(16)26-21(17)28;5-1(3(7)8)2(6)4(9)10/h7-8,11-12,25H,5-6,9-10H2,1-4H3,(H,24,29)(H,26,28);1-2,5-6H,(H,7,8)(H,9,10). The lowest BCUT2D eigenvalue weighted by atomic mass is 10.0. The number of aliphatic hydroxyl groups excluding tert-OH is 2. The second-order valence-corrected chi connectivity index (χ2v) is 8.71. The average Bonchev–Trinajstić information content (AvgIpc) is 3.35. The first-order valence-corrected chi connectivity index (χ1v) is 12.2. The molecule has 13 heteroatoms. The maximum absolute atomic E-state index is 13.7. The molecule has 2 aromatic rings. The highest BCUT2D eigenvalue weighted by Crippen LogP contribution is 2.34. The Labute approximate surface area is 224 Å². The van der Waals surface area contributed by atoms with Crippen LogP contribution in [0.1, 0.15) is 46.7 Å². The second-order valence-electron chi connectivity index (χ2n) is 8.71. The average molecular weight is 549 g/mol. The monoisotopic (exact) mass is 548 g/mol. The molecule has 0 fully saturated rings. The van der Waals surface area contributed by atoms with Crippen molar-refractivity contribution in [3.8, 4) is 0 Å². The van der Waals surface area contributed by atoms with Crippen LogP contribution in [0.15, 0.2) is 18.2 Å². The number of anilines is 1. The predicted molar refractivity (Wildman–Crippen MR) is 141 cm³/mol. The number of amides is 2. The summed E-state index contributed by atoms with van der Waals surface area (Å²) in [7, 11) is 0. The van der Waals surface area contributed by atoms with E-state index in [1.54, 1.807) is 12.1 Å². The van der Waals surface area contributed by atoms with E-state index in [0.717, 1.165) is 30.9 Å². The number of aliphatic carboxylic acids is 2. The SMILES string of the molecule is CCN(CC)CCNC(=O)c1c(C)[nH]c(C=C2C(=O)Nc3ccc(F)cc32)c1C.O=C(O)C(O)C(O)C(=O)O. The number of benzene rings is 1. The summed E-state index contributed by atoms with van der Waals surface area (Å²) in [5.74, 6) is -4.37. The summed E-state index contributed by atoms with van der Waals surface area (Å²) < 4.78 is 13.7. The highest BCUT2D eigenvalue weighted by molar-refractivity contribution is 6.34. The van der Waals surface area contributed by atoms with Crippen molar-refractivity contribution < 1.29 is 44.0 Å². The molecule has 3 rings (SSSR count). The lowest BCUT2D eigenvalue weighted by Crippen LogP contribution is -2.39. The smallest absolute Gasteiger partial charge is 0.335 e. The van der Waals surface area contributed by atoms with Gasteiger partial charge in [0.05, 0.1) is 11.1 Å². The molecule has 0 saturated carbocycles. The molecule has 2 heterocycles. The minimum atomic E-state index is -2.27. The molecule has 0 spiro atoms. The third-order valence-corrected chi connectivity index (χ3v) is 6.17. The molecule has 7 N–H and O–H groups in total. The van der Waals surface area contributed by atoms with E-state index in [1.807, 2.05) is 13.8 Å². The number of halogens is 1. The van der Waals surface area contributed by atoms with Crippen molar-refractivity contribution in [3.05, 3.63) is 52.1 Å². The van der Waals surface area contributed by atoms with Crippen LogP contribution >= 0.6 is 0 Å². The summed E-state index contributed by atoms with van der Waals surface area (Å²) in [5, 5.41) is 38.2. The molecule has 1 aliphatic rings. The number of carbonyl (C=O) groups excluding carboxylic acids is 2. The number of aromatic amines is 1. The maximum Gasteiger partial charge on any atom is 0.335 e. The van der Waals surface area contributed by atoms with Gasteiger partial charge in [0.15, 0.2) is 12.2 Å². The summed E-state index contributed by atoms with van der Waals surface area (Å²) in [6.07, 6.45) is -2.86. The molecule has 0 bridgehead atoms. The molecule has 212 valence electrons. The number of likely N-dealkylation sites (N-methyl/N-ethyl adjacent to an activating group) is 1. The zero-order chi connectivity index (χ0) is 29.4. The molecule has 0 radical (unpaired) electrons. The Morgan fingerprint density at radius 3 is 2.21 bits per heavy atom. The Kier molecular flexibility index (Phi) is 10.9. The Hall–Kier alpha value is -4.07. The molecule has 2 amide bonds. The molecular weight excluding hydrogens is 515 g/mol. The van der Waals surface area contributed by atoms with Crippen molar-refractivity contribution in [2.24, 2.45) is 0 Å². The van der Waals surface area contributed by atoms with Gasteiger partial charge < -0.3 is 40.9 Å². The molecular formula is C26H33FN4O8. The second kappa shape index (κ2) is 13.6. The maximum atomic E-state index is 13.7. The molecule has 1 aromatic heterocycles. The number of H-pyrrole nitrogens is 1. The van der Waals surface area contributed by atoms with Crippen LogP contribution in [0.3, 0.4) is 0 Å². The number of hydrogen-bond donors (Lipinski definition) is 7. The van der Waals surface area contributed by atoms with Gasteiger partial charge in [-0.05, 0) is 56.8 Å². The van der Waals surface area contributed by atoms with Crippen LogP contribution in [0.5, 0.6) is 0 Å². The highest BCUT2D eigenvalue weighted by Gasteiger charge is 2.29. The van der Waals surface area contributed by atoms with Gasteiger partial charge in [-0.2, -0.15) is 0 Å². The van der Waals surface area contributed by atoms with E-state index in [9.17, 15) is 23.6 Å². The van der Waals surface area contributed by atoms with Crippen LogP contribution in [-0.2, 0) is 14.4 Å². The molecule has 0 aliphatic carbocycles. The van der Waals surface area contributed by atoms with Gasteiger partial charge in [-0.3, -0.25) is 9.59 Å². The van der Waals surface area contributed by atoms with E-state index in [1.165, 1.54) is 12.1 Å². The van der Waals surface area contributed by atoms with Crippen LogP contribution in [-0.4, -0.2) is 92.4 Å². The Morgan fingerprint density at radius 1 is 1.08 bits per heavy atom. The third kappa shape index (κ3) is 7.72. The van der Waals surface area contributed by atoms with Crippen LogP contribution in [0.25, 0.3) is 11.6 Å². The van der Waals surface area contributed by atoms with Gasteiger partial charge in [-0.15, -0.1) is 0 Å². The Bertz CT molecular complexity index is 1250. The lowest BCUT2D eigenvalue weighted by Gasteiger charge is -2.18. The number of fused-ring (bicyclic) bond motifs is 1. The molecule has 12 nitrogen and oxygen atoms in total. The third-order valence-electron chi connectivity index (χ3n) is 6.17. The van der Waals surface area contributed by atoms with Crippen LogP contribution in [0.4, 0.5) is 10.1 Å². The Morgan fingerprint density at radius 2 is 1.67 bits per heavy atom. The topological polar surface area (TPSA) is 192 Å². The van der Waals surface area contributed by atoms with E-state index in [-0.39, 0.29) is 11.8 Å². The molecule has 2 unspecified atom stereocenters.